The topological polar surface area (TPSA) is 63.7 Å². The molecule has 0 aromatic heterocycles. The minimum absolute atomic E-state index is 0.565. The Morgan fingerprint density at radius 1 is 1.00 bits per heavy atom. The summed E-state index contributed by atoms with van der Waals surface area (Å²) in [4.78, 5) is 39.8. The van der Waals surface area contributed by atoms with Gasteiger partial charge >= 0.3 is 5.97 Å². The van der Waals surface area contributed by atoms with Crippen molar-refractivity contribution in [3.05, 3.63) is 64.6 Å². The number of ether oxygens (including phenoxy) is 1. The lowest BCUT2D eigenvalue weighted by molar-refractivity contribution is -0.162. The second-order valence-electron chi connectivity index (χ2n) is 7.38. The minimum Gasteiger partial charge on any atom is -0.459 e. The first kappa shape index (κ1) is 19.3. The fraction of sp³-hybridized carbons (Fsp3) is 0.286. The molecule has 2 unspecified atom stereocenters. The number of hydrogen-bond acceptors (Lipinski definition) is 4. The van der Waals surface area contributed by atoms with Crippen LogP contribution in [0.3, 0.4) is 0 Å². The lowest BCUT2D eigenvalue weighted by Crippen LogP contribution is -2.34. The van der Waals surface area contributed by atoms with Gasteiger partial charge in [0.2, 0.25) is 5.78 Å². The molecule has 1 amide bonds. The molecule has 0 spiro atoms. The average Bonchev–Trinajstić information content (AvgIpc) is 2.86. The van der Waals surface area contributed by atoms with Crippen LogP contribution in [0.2, 0.25) is 0 Å². The van der Waals surface area contributed by atoms with Crippen molar-refractivity contribution in [2.75, 3.05) is 4.90 Å². The van der Waals surface area contributed by atoms with Crippen LogP contribution in [0.4, 0.5) is 5.69 Å². The van der Waals surface area contributed by atoms with Gasteiger partial charge in [0.1, 0.15) is 11.5 Å². The van der Waals surface area contributed by atoms with Crippen LogP contribution in [0.5, 0.6) is 0 Å². The molecule has 1 aliphatic heterocycles. The average molecular weight is 430 g/mol. The SMILES string of the molecule is CC(C)(C)OC(=O)C1C(=O)C(=O)N(c2ccccc2)C1c1ccc(Br)cc1. The summed E-state index contributed by atoms with van der Waals surface area (Å²) in [5.41, 5.74) is 0.497. The molecule has 3 rings (SSSR count). The second-order valence-corrected chi connectivity index (χ2v) is 8.30. The molecular formula is C21H20BrNO4. The molecule has 1 heterocycles. The van der Waals surface area contributed by atoms with Crippen LogP contribution >= 0.6 is 15.9 Å². The van der Waals surface area contributed by atoms with Crippen LogP contribution in [-0.4, -0.2) is 23.3 Å². The largest absolute Gasteiger partial charge is 0.459 e. The Bertz CT molecular complexity index is 871. The van der Waals surface area contributed by atoms with Gasteiger partial charge < -0.3 is 4.74 Å². The van der Waals surface area contributed by atoms with E-state index < -0.39 is 35.2 Å². The molecule has 5 nitrogen and oxygen atoms in total. The highest BCUT2D eigenvalue weighted by molar-refractivity contribution is 9.10. The number of halogens is 1. The van der Waals surface area contributed by atoms with Crippen LogP contribution < -0.4 is 4.90 Å². The highest BCUT2D eigenvalue weighted by Gasteiger charge is 2.53. The Balaban J connectivity index is 2.10. The maximum absolute atomic E-state index is 12.8. The van der Waals surface area contributed by atoms with Gasteiger partial charge in [0.25, 0.3) is 5.91 Å². The van der Waals surface area contributed by atoms with Gasteiger partial charge in [0.05, 0.1) is 6.04 Å². The highest BCUT2D eigenvalue weighted by Crippen LogP contribution is 2.41. The molecule has 0 bridgehead atoms. The van der Waals surface area contributed by atoms with Gasteiger partial charge in [-0.15, -0.1) is 0 Å². The number of ketones is 1. The Labute approximate surface area is 166 Å². The molecule has 140 valence electrons. The van der Waals surface area contributed by atoms with Crippen LogP contribution in [0.25, 0.3) is 0 Å². The molecule has 2 atom stereocenters. The Morgan fingerprint density at radius 3 is 2.15 bits per heavy atom. The summed E-state index contributed by atoms with van der Waals surface area (Å²) in [6.07, 6.45) is 0. The quantitative estimate of drug-likeness (QED) is 0.419. The van der Waals surface area contributed by atoms with Crippen molar-refractivity contribution in [3.63, 3.8) is 0 Å². The molecule has 1 fully saturated rings. The Kier molecular flexibility index (Phi) is 5.20. The van der Waals surface area contributed by atoms with E-state index in [1.165, 1.54) is 4.90 Å². The van der Waals surface area contributed by atoms with Crippen molar-refractivity contribution in [3.8, 4) is 0 Å². The molecule has 0 saturated carbocycles. The molecule has 2 aromatic rings. The van der Waals surface area contributed by atoms with Crippen LogP contribution in [0.15, 0.2) is 59.1 Å². The standard InChI is InChI=1S/C21H20BrNO4/c1-21(2,3)27-20(26)16-17(13-9-11-14(22)12-10-13)23(19(25)18(16)24)15-7-5-4-6-8-15/h4-12,16-17H,1-3H3. The zero-order valence-electron chi connectivity index (χ0n) is 15.3. The van der Waals surface area contributed by atoms with Crippen molar-refractivity contribution >= 4 is 39.3 Å². The third-order valence-electron chi connectivity index (χ3n) is 4.21. The van der Waals surface area contributed by atoms with E-state index in [4.69, 9.17) is 4.74 Å². The number of benzene rings is 2. The lowest BCUT2D eigenvalue weighted by Gasteiger charge is -2.28. The van der Waals surface area contributed by atoms with Gasteiger partial charge in [-0.3, -0.25) is 19.3 Å². The summed E-state index contributed by atoms with van der Waals surface area (Å²) in [5, 5.41) is 0. The fourth-order valence-electron chi connectivity index (χ4n) is 3.14. The minimum atomic E-state index is -1.21. The number of anilines is 1. The van der Waals surface area contributed by atoms with Crippen LogP contribution in [0.1, 0.15) is 32.4 Å². The number of esters is 1. The predicted octanol–water partition coefficient (Wildman–Crippen LogP) is 4.06. The summed E-state index contributed by atoms with van der Waals surface area (Å²) in [7, 11) is 0. The van der Waals surface area contributed by atoms with E-state index in [2.05, 4.69) is 15.9 Å². The number of nitrogens with zero attached hydrogens (tertiary/aromatic N) is 1. The number of carbonyl (C=O) groups is 3. The highest BCUT2D eigenvalue weighted by atomic mass is 79.9. The van der Waals surface area contributed by atoms with Gasteiger partial charge in [-0.05, 0) is 50.6 Å². The normalized spacial score (nSPS) is 20.1. The van der Waals surface area contributed by atoms with Gasteiger partial charge in [0.15, 0.2) is 0 Å². The van der Waals surface area contributed by atoms with Gasteiger partial charge in [-0.2, -0.15) is 0 Å². The number of carbonyl (C=O) groups excluding carboxylic acids is 3. The summed E-state index contributed by atoms with van der Waals surface area (Å²) in [6, 6.07) is 15.4. The molecule has 0 N–H and O–H groups in total. The van der Waals surface area contributed by atoms with E-state index in [0.29, 0.717) is 11.3 Å². The monoisotopic (exact) mass is 429 g/mol. The van der Waals surface area contributed by atoms with Crippen molar-refractivity contribution in [1.82, 2.24) is 0 Å². The number of amides is 1. The molecule has 27 heavy (non-hydrogen) atoms. The molecule has 6 heteroatoms. The van der Waals surface area contributed by atoms with E-state index >= 15 is 0 Å². The summed E-state index contributed by atoms with van der Waals surface area (Å²) >= 11 is 3.38. The molecule has 1 aliphatic rings. The molecular weight excluding hydrogens is 410 g/mol. The summed E-state index contributed by atoms with van der Waals surface area (Å²) in [5.74, 6) is -3.35. The van der Waals surface area contributed by atoms with E-state index in [0.717, 1.165) is 4.47 Å². The van der Waals surface area contributed by atoms with Crippen molar-refractivity contribution in [2.45, 2.75) is 32.4 Å². The summed E-state index contributed by atoms with van der Waals surface area (Å²) < 4.78 is 6.32. The van der Waals surface area contributed by atoms with E-state index in [-0.39, 0.29) is 0 Å². The maximum atomic E-state index is 12.8. The summed E-state index contributed by atoms with van der Waals surface area (Å²) in [6.45, 7) is 5.20. The van der Waals surface area contributed by atoms with E-state index in [1.807, 2.05) is 18.2 Å². The van der Waals surface area contributed by atoms with Crippen LogP contribution in [0, 0.1) is 5.92 Å². The first-order chi connectivity index (χ1) is 12.7. The first-order valence-electron chi connectivity index (χ1n) is 8.60. The number of hydrogen-bond donors (Lipinski definition) is 0. The van der Waals surface area contributed by atoms with E-state index in [9.17, 15) is 14.4 Å². The predicted molar refractivity (Wildman–Crippen MR) is 105 cm³/mol. The third-order valence-corrected chi connectivity index (χ3v) is 4.74. The molecule has 0 radical (unpaired) electrons. The van der Waals surface area contributed by atoms with Crippen LogP contribution in [-0.2, 0) is 19.1 Å². The molecule has 0 aliphatic carbocycles. The third kappa shape index (κ3) is 3.95. The van der Waals surface area contributed by atoms with E-state index in [1.54, 1.807) is 57.2 Å². The van der Waals surface area contributed by atoms with Crippen molar-refractivity contribution in [1.29, 1.82) is 0 Å². The number of para-hydroxylation sites is 1. The zero-order valence-corrected chi connectivity index (χ0v) is 16.9. The molecule has 2 aromatic carbocycles. The first-order valence-corrected chi connectivity index (χ1v) is 9.39. The zero-order chi connectivity index (χ0) is 19.8. The second kappa shape index (κ2) is 7.27. The van der Waals surface area contributed by atoms with Crippen molar-refractivity contribution in [2.24, 2.45) is 5.92 Å². The van der Waals surface area contributed by atoms with Gasteiger partial charge in [-0.1, -0.05) is 46.3 Å². The maximum Gasteiger partial charge on any atom is 0.320 e. The molecule has 1 saturated heterocycles. The fourth-order valence-corrected chi connectivity index (χ4v) is 3.40. The lowest BCUT2D eigenvalue weighted by atomic mass is 9.92. The smallest absolute Gasteiger partial charge is 0.320 e. The number of rotatable bonds is 3. The Morgan fingerprint density at radius 2 is 1.59 bits per heavy atom. The van der Waals surface area contributed by atoms with Gasteiger partial charge in [0, 0.05) is 10.2 Å². The Hall–Kier alpha value is -2.47. The number of Topliss-reactive ketones (excluding diaryl/α,β-unsaturated/α-hetero) is 1. The van der Waals surface area contributed by atoms with Crippen molar-refractivity contribution < 1.29 is 19.1 Å². The van der Waals surface area contributed by atoms with Gasteiger partial charge in [-0.25, -0.2) is 0 Å².